The Bertz CT molecular complexity index is 721. The summed E-state index contributed by atoms with van der Waals surface area (Å²) in [4.78, 5) is 12.7. The lowest BCUT2D eigenvalue weighted by atomic mass is 10.3. The maximum absolute atomic E-state index is 5.31. The van der Waals surface area contributed by atoms with Crippen molar-refractivity contribution in [2.75, 3.05) is 12.4 Å². The number of ether oxygens (including phenoxy) is 1. The van der Waals surface area contributed by atoms with E-state index >= 15 is 0 Å². The summed E-state index contributed by atoms with van der Waals surface area (Å²) >= 11 is 0. The third-order valence-electron chi connectivity index (χ3n) is 2.92. The van der Waals surface area contributed by atoms with Crippen LogP contribution in [0.5, 0.6) is 5.75 Å². The maximum Gasteiger partial charge on any atom is 0.223 e. The molecule has 3 rings (SSSR count). The highest BCUT2D eigenvalue weighted by atomic mass is 16.5. The monoisotopic (exact) mass is 286 g/mol. The summed E-state index contributed by atoms with van der Waals surface area (Å²) in [6.07, 6.45) is 4.78. The Kier molecular flexibility index (Phi) is 3.46. The fraction of sp³-hybridized carbons (Fsp3) is 0.250. The van der Waals surface area contributed by atoms with Crippen molar-refractivity contribution in [3.63, 3.8) is 0 Å². The molecule has 3 aromatic heterocycles. The zero-order valence-corrected chi connectivity index (χ0v) is 11.6. The molecule has 21 heavy (non-hydrogen) atoms. The van der Waals surface area contributed by atoms with Crippen LogP contribution < -0.4 is 10.1 Å². The Hall–Kier alpha value is -2.97. The van der Waals surface area contributed by atoms with Gasteiger partial charge in [0.1, 0.15) is 17.8 Å². The summed E-state index contributed by atoms with van der Waals surface area (Å²) < 4.78 is 7.03. The molecule has 9 heteroatoms. The van der Waals surface area contributed by atoms with Crippen molar-refractivity contribution in [1.82, 2.24) is 34.9 Å². The summed E-state index contributed by atoms with van der Waals surface area (Å²) in [6.45, 7) is 0.456. The first-order valence-corrected chi connectivity index (χ1v) is 6.25. The SMILES string of the molecule is COc1cnc(NCc2ncn[nH]2)nc1-c1ccnn1C. The van der Waals surface area contributed by atoms with Gasteiger partial charge in [-0.2, -0.15) is 10.2 Å². The summed E-state index contributed by atoms with van der Waals surface area (Å²) in [5.74, 6) is 1.77. The highest BCUT2D eigenvalue weighted by Crippen LogP contribution is 2.27. The molecule has 0 atom stereocenters. The van der Waals surface area contributed by atoms with Gasteiger partial charge < -0.3 is 10.1 Å². The minimum absolute atomic E-state index is 0.456. The number of anilines is 1. The van der Waals surface area contributed by atoms with Gasteiger partial charge in [0, 0.05) is 13.2 Å². The molecule has 0 aliphatic carbocycles. The van der Waals surface area contributed by atoms with Gasteiger partial charge >= 0.3 is 0 Å². The van der Waals surface area contributed by atoms with Crippen molar-refractivity contribution in [1.29, 1.82) is 0 Å². The first-order valence-electron chi connectivity index (χ1n) is 6.25. The topological polar surface area (TPSA) is 106 Å². The summed E-state index contributed by atoms with van der Waals surface area (Å²) in [7, 11) is 3.43. The Morgan fingerprint density at radius 2 is 2.29 bits per heavy atom. The van der Waals surface area contributed by atoms with E-state index in [1.54, 1.807) is 24.2 Å². The zero-order chi connectivity index (χ0) is 14.7. The second-order valence-electron chi connectivity index (χ2n) is 4.24. The average Bonchev–Trinajstić information content (AvgIpc) is 3.16. The number of H-pyrrole nitrogens is 1. The van der Waals surface area contributed by atoms with Gasteiger partial charge in [0.15, 0.2) is 5.75 Å². The lowest BCUT2D eigenvalue weighted by Crippen LogP contribution is -2.07. The Labute approximate surface area is 120 Å². The number of nitrogens with one attached hydrogen (secondary N) is 2. The lowest BCUT2D eigenvalue weighted by Gasteiger charge is -2.10. The summed E-state index contributed by atoms with van der Waals surface area (Å²) in [6, 6.07) is 1.87. The molecule has 3 aromatic rings. The highest BCUT2D eigenvalue weighted by molar-refractivity contribution is 5.63. The molecule has 0 spiro atoms. The molecule has 0 saturated carbocycles. The third kappa shape index (κ3) is 2.66. The number of hydrogen-bond acceptors (Lipinski definition) is 7. The van der Waals surface area contributed by atoms with Gasteiger partial charge in [-0.1, -0.05) is 0 Å². The van der Waals surface area contributed by atoms with Crippen LogP contribution in [0.15, 0.2) is 24.8 Å². The van der Waals surface area contributed by atoms with E-state index in [9.17, 15) is 0 Å². The molecule has 0 fully saturated rings. The van der Waals surface area contributed by atoms with Gasteiger partial charge in [-0.05, 0) is 6.07 Å². The van der Waals surface area contributed by atoms with E-state index in [4.69, 9.17) is 4.74 Å². The van der Waals surface area contributed by atoms with E-state index < -0.39 is 0 Å². The molecule has 0 aromatic carbocycles. The Morgan fingerprint density at radius 3 is 2.95 bits per heavy atom. The molecule has 108 valence electrons. The van der Waals surface area contributed by atoms with Gasteiger partial charge in [0.25, 0.3) is 0 Å². The molecule has 9 nitrogen and oxygen atoms in total. The average molecular weight is 286 g/mol. The van der Waals surface area contributed by atoms with Crippen molar-refractivity contribution in [3.8, 4) is 17.1 Å². The fourth-order valence-corrected chi connectivity index (χ4v) is 1.87. The third-order valence-corrected chi connectivity index (χ3v) is 2.92. The van der Waals surface area contributed by atoms with E-state index in [0.717, 1.165) is 5.69 Å². The predicted octanol–water partition coefficient (Wildman–Crippen LogP) is 0.616. The van der Waals surface area contributed by atoms with Gasteiger partial charge in [0.05, 0.1) is 25.5 Å². The second kappa shape index (κ2) is 5.57. The van der Waals surface area contributed by atoms with Gasteiger partial charge in [0.2, 0.25) is 5.95 Å². The van der Waals surface area contributed by atoms with Crippen LogP contribution in [0.25, 0.3) is 11.4 Å². The van der Waals surface area contributed by atoms with Crippen LogP contribution in [0.4, 0.5) is 5.95 Å². The van der Waals surface area contributed by atoms with Crippen LogP contribution >= 0.6 is 0 Å². The molecule has 3 heterocycles. The quantitative estimate of drug-likeness (QED) is 0.707. The smallest absolute Gasteiger partial charge is 0.223 e. The van der Waals surface area contributed by atoms with Crippen LogP contribution in [0, 0.1) is 0 Å². The summed E-state index contributed by atoms with van der Waals surface area (Å²) in [5.41, 5.74) is 1.52. The standard InChI is InChI=1S/C12H14N8O/c1-20-8(3-4-17-20)11-9(21-2)5-13-12(18-11)14-6-10-15-7-16-19-10/h3-5,7H,6H2,1-2H3,(H,13,14,18)(H,15,16,19). The summed E-state index contributed by atoms with van der Waals surface area (Å²) in [5, 5.41) is 13.8. The number of aromatic amines is 1. The van der Waals surface area contributed by atoms with Gasteiger partial charge in [-0.25, -0.2) is 15.0 Å². The molecule has 0 radical (unpaired) electrons. The molecule has 0 aliphatic rings. The van der Waals surface area contributed by atoms with Crippen molar-refractivity contribution in [2.24, 2.45) is 7.05 Å². The fourth-order valence-electron chi connectivity index (χ4n) is 1.87. The van der Waals surface area contributed by atoms with E-state index in [2.05, 4.69) is 35.6 Å². The lowest BCUT2D eigenvalue weighted by molar-refractivity contribution is 0.412. The van der Waals surface area contributed by atoms with Crippen molar-refractivity contribution in [3.05, 3.63) is 30.6 Å². The molecule has 0 aliphatic heterocycles. The first-order chi connectivity index (χ1) is 10.3. The Morgan fingerprint density at radius 1 is 1.38 bits per heavy atom. The minimum atomic E-state index is 0.456. The largest absolute Gasteiger partial charge is 0.493 e. The van der Waals surface area contributed by atoms with Crippen molar-refractivity contribution in [2.45, 2.75) is 6.54 Å². The molecular formula is C12H14N8O. The van der Waals surface area contributed by atoms with Crippen LogP contribution in [-0.2, 0) is 13.6 Å². The maximum atomic E-state index is 5.31. The molecule has 0 amide bonds. The van der Waals surface area contributed by atoms with Crippen LogP contribution in [0.2, 0.25) is 0 Å². The highest BCUT2D eigenvalue weighted by Gasteiger charge is 2.13. The minimum Gasteiger partial charge on any atom is -0.493 e. The normalized spacial score (nSPS) is 10.6. The van der Waals surface area contributed by atoms with Crippen molar-refractivity contribution >= 4 is 5.95 Å². The number of nitrogens with zero attached hydrogens (tertiary/aromatic N) is 6. The molecule has 0 saturated heterocycles. The van der Waals surface area contributed by atoms with Crippen molar-refractivity contribution < 1.29 is 4.74 Å². The number of methoxy groups -OCH3 is 1. The molecule has 0 unspecified atom stereocenters. The predicted molar refractivity (Wildman–Crippen MR) is 74.5 cm³/mol. The number of hydrogen-bond donors (Lipinski definition) is 2. The van der Waals surface area contributed by atoms with Crippen LogP contribution in [-0.4, -0.2) is 42.0 Å². The van der Waals surface area contributed by atoms with E-state index in [1.807, 2.05) is 13.1 Å². The molecule has 0 bridgehead atoms. The zero-order valence-electron chi connectivity index (χ0n) is 11.6. The van der Waals surface area contributed by atoms with E-state index in [0.29, 0.717) is 29.8 Å². The van der Waals surface area contributed by atoms with Crippen LogP contribution in [0.1, 0.15) is 5.82 Å². The Balaban J connectivity index is 1.88. The first kappa shape index (κ1) is 13.0. The number of rotatable bonds is 5. The van der Waals surface area contributed by atoms with E-state index in [1.165, 1.54) is 6.33 Å². The van der Waals surface area contributed by atoms with Gasteiger partial charge in [-0.3, -0.25) is 9.78 Å². The second-order valence-corrected chi connectivity index (χ2v) is 4.24. The number of aromatic nitrogens is 7. The van der Waals surface area contributed by atoms with Crippen LogP contribution in [0.3, 0.4) is 0 Å². The number of aryl methyl sites for hydroxylation is 1. The van der Waals surface area contributed by atoms with E-state index in [-0.39, 0.29) is 0 Å². The molecule has 2 N–H and O–H groups in total. The molecular weight excluding hydrogens is 272 g/mol. The van der Waals surface area contributed by atoms with Gasteiger partial charge in [-0.15, -0.1) is 0 Å².